The third-order valence-corrected chi connectivity index (χ3v) is 5.42. The molecule has 1 saturated heterocycles. The fourth-order valence-electron chi connectivity index (χ4n) is 2.85. The molecule has 5 heteroatoms. The smallest absolute Gasteiger partial charge is 0.211 e. The summed E-state index contributed by atoms with van der Waals surface area (Å²) >= 11 is 0. The predicted octanol–water partition coefficient (Wildman–Crippen LogP) is 1.24. The lowest BCUT2D eigenvalue weighted by atomic mass is 9.96. The maximum absolute atomic E-state index is 11.9. The van der Waals surface area contributed by atoms with Crippen molar-refractivity contribution in [3.63, 3.8) is 0 Å². The van der Waals surface area contributed by atoms with Gasteiger partial charge in [0.25, 0.3) is 0 Å². The molecule has 2 N–H and O–H groups in total. The van der Waals surface area contributed by atoms with Crippen molar-refractivity contribution < 1.29 is 8.42 Å². The lowest BCUT2D eigenvalue weighted by Gasteiger charge is -2.22. The van der Waals surface area contributed by atoms with E-state index in [-0.39, 0.29) is 6.04 Å². The molecule has 100 valence electrons. The molecule has 0 bridgehead atoms. The van der Waals surface area contributed by atoms with Gasteiger partial charge in [-0.05, 0) is 51.1 Å². The van der Waals surface area contributed by atoms with Gasteiger partial charge in [0.2, 0.25) is 10.0 Å². The maximum atomic E-state index is 11.9. The highest BCUT2D eigenvalue weighted by Gasteiger charge is 2.22. The van der Waals surface area contributed by atoms with Gasteiger partial charge >= 0.3 is 0 Å². The first-order valence-electron chi connectivity index (χ1n) is 6.86. The Kier molecular flexibility index (Phi) is 4.82. The summed E-state index contributed by atoms with van der Waals surface area (Å²) in [5.41, 5.74) is 0. The second kappa shape index (κ2) is 6.16. The Labute approximate surface area is 105 Å². The van der Waals surface area contributed by atoms with Crippen LogP contribution in [0.5, 0.6) is 0 Å². The Morgan fingerprint density at radius 1 is 1.06 bits per heavy atom. The number of rotatable bonds is 5. The van der Waals surface area contributed by atoms with E-state index < -0.39 is 10.0 Å². The van der Waals surface area contributed by atoms with Gasteiger partial charge < -0.3 is 5.32 Å². The van der Waals surface area contributed by atoms with Gasteiger partial charge in [-0.3, -0.25) is 0 Å². The molecular weight excluding hydrogens is 236 g/mol. The summed E-state index contributed by atoms with van der Waals surface area (Å²) in [6.45, 7) is 2.08. The molecule has 0 aromatic rings. The summed E-state index contributed by atoms with van der Waals surface area (Å²) in [6, 6.07) is 0.216. The van der Waals surface area contributed by atoms with E-state index in [9.17, 15) is 8.42 Å². The van der Waals surface area contributed by atoms with Crippen LogP contribution in [0.3, 0.4) is 0 Å². The molecule has 0 aromatic carbocycles. The lowest BCUT2D eigenvalue weighted by Crippen LogP contribution is -2.36. The van der Waals surface area contributed by atoms with Crippen molar-refractivity contribution in [1.82, 2.24) is 10.0 Å². The summed E-state index contributed by atoms with van der Waals surface area (Å²) in [7, 11) is -3.03. The van der Waals surface area contributed by atoms with Gasteiger partial charge in [-0.15, -0.1) is 0 Å². The summed E-state index contributed by atoms with van der Waals surface area (Å²) in [4.78, 5) is 0. The molecule has 2 rings (SSSR count). The highest BCUT2D eigenvalue weighted by atomic mass is 32.2. The Hall–Kier alpha value is -0.130. The lowest BCUT2D eigenvalue weighted by molar-refractivity contribution is 0.365. The average molecular weight is 260 g/mol. The van der Waals surface area contributed by atoms with Gasteiger partial charge in [-0.1, -0.05) is 12.8 Å². The van der Waals surface area contributed by atoms with Crippen LogP contribution in [0.25, 0.3) is 0 Å². The largest absolute Gasteiger partial charge is 0.317 e. The SMILES string of the molecule is O=S(=O)(CCC1CCNCC1)NC1CCCC1. The predicted molar refractivity (Wildman–Crippen MR) is 69.4 cm³/mol. The number of nitrogens with one attached hydrogen (secondary N) is 2. The van der Waals surface area contributed by atoms with E-state index in [2.05, 4.69) is 10.0 Å². The third kappa shape index (κ3) is 4.56. The molecule has 4 nitrogen and oxygen atoms in total. The minimum absolute atomic E-state index is 0.216. The minimum Gasteiger partial charge on any atom is -0.317 e. The minimum atomic E-state index is -3.03. The Balaban J connectivity index is 1.72. The van der Waals surface area contributed by atoms with E-state index in [1.807, 2.05) is 0 Å². The molecule has 0 spiro atoms. The van der Waals surface area contributed by atoms with Crippen molar-refractivity contribution in [2.24, 2.45) is 5.92 Å². The van der Waals surface area contributed by atoms with Crippen molar-refractivity contribution >= 4 is 10.0 Å². The van der Waals surface area contributed by atoms with Crippen LogP contribution in [0.2, 0.25) is 0 Å². The zero-order valence-electron chi connectivity index (χ0n) is 10.5. The third-order valence-electron chi connectivity index (χ3n) is 3.95. The molecule has 0 aromatic heterocycles. The molecule has 0 radical (unpaired) electrons. The van der Waals surface area contributed by atoms with Crippen LogP contribution in [0, 0.1) is 5.92 Å². The van der Waals surface area contributed by atoms with Crippen LogP contribution in [0.1, 0.15) is 44.9 Å². The zero-order valence-corrected chi connectivity index (χ0v) is 11.3. The molecule has 0 amide bonds. The summed E-state index contributed by atoms with van der Waals surface area (Å²) < 4.78 is 26.7. The molecule has 1 saturated carbocycles. The van der Waals surface area contributed by atoms with Crippen LogP contribution >= 0.6 is 0 Å². The average Bonchev–Trinajstić information content (AvgIpc) is 2.80. The second-order valence-electron chi connectivity index (χ2n) is 5.40. The molecule has 1 aliphatic heterocycles. The van der Waals surface area contributed by atoms with Gasteiger partial charge in [-0.2, -0.15) is 0 Å². The van der Waals surface area contributed by atoms with Crippen molar-refractivity contribution in [2.45, 2.75) is 51.0 Å². The van der Waals surface area contributed by atoms with Gasteiger partial charge in [0, 0.05) is 6.04 Å². The second-order valence-corrected chi connectivity index (χ2v) is 7.27. The molecule has 2 aliphatic rings. The number of sulfonamides is 1. The fraction of sp³-hybridized carbons (Fsp3) is 1.00. The van der Waals surface area contributed by atoms with E-state index in [0.717, 1.165) is 45.2 Å². The zero-order chi connectivity index (χ0) is 12.1. The van der Waals surface area contributed by atoms with Gasteiger partial charge in [0.05, 0.1) is 5.75 Å². The molecular formula is C12H24N2O2S. The Morgan fingerprint density at radius 3 is 2.35 bits per heavy atom. The summed E-state index contributed by atoms with van der Waals surface area (Å²) in [6.07, 6.45) is 7.45. The van der Waals surface area contributed by atoms with Crippen LogP contribution in [-0.2, 0) is 10.0 Å². The molecule has 0 unspecified atom stereocenters. The number of piperidine rings is 1. The first-order valence-corrected chi connectivity index (χ1v) is 8.52. The summed E-state index contributed by atoms with van der Waals surface area (Å²) in [5.74, 6) is 0.908. The topological polar surface area (TPSA) is 58.2 Å². The standard InChI is InChI=1S/C12H24N2O2S/c15-17(16,14-12-3-1-2-4-12)10-7-11-5-8-13-9-6-11/h11-14H,1-10H2. The van der Waals surface area contributed by atoms with Crippen LogP contribution in [-0.4, -0.2) is 33.3 Å². The van der Waals surface area contributed by atoms with E-state index in [1.54, 1.807) is 0 Å². The Morgan fingerprint density at radius 2 is 1.71 bits per heavy atom. The molecule has 17 heavy (non-hydrogen) atoms. The monoisotopic (exact) mass is 260 g/mol. The van der Waals surface area contributed by atoms with Crippen molar-refractivity contribution in [2.75, 3.05) is 18.8 Å². The van der Waals surface area contributed by atoms with Crippen molar-refractivity contribution in [1.29, 1.82) is 0 Å². The van der Waals surface area contributed by atoms with Gasteiger partial charge in [0.1, 0.15) is 0 Å². The van der Waals surface area contributed by atoms with Crippen molar-refractivity contribution in [3.8, 4) is 0 Å². The van der Waals surface area contributed by atoms with Gasteiger partial charge in [0.15, 0.2) is 0 Å². The first-order chi connectivity index (χ1) is 8.16. The molecule has 0 atom stereocenters. The fourth-order valence-corrected chi connectivity index (χ4v) is 4.35. The van der Waals surface area contributed by atoms with E-state index in [1.165, 1.54) is 12.8 Å². The normalized spacial score (nSPS) is 24.2. The molecule has 2 fully saturated rings. The van der Waals surface area contributed by atoms with E-state index in [0.29, 0.717) is 11.7 Å². The number of hydrogen-bond acceptors (Lipinski definition) is 3. The molecule has 1 heterocycles. The van der Waals surface area contributed by atoms with Crippen LogP contribution in [0.15, 0.2) is 0 Å². The van der Waals surface area contributed by atoms with E-state index >= 15 is 0 Å². The first kappa shape index (κ1) is 13.3. The van der Waals surface area contributed by atoms with E-state index in [4.69, 9.17) is 0 Å². The quantitative estimate of drug-likeness (QED) is 0.782. The van der Waals surface area contributed by atoms with Crippen LogP contribution in [0.4, 0.5) is 0 Å². The molecule has 1 aliphatic carbocycles. The maximum Gasteiger partial charge on any atom is 0.211 e. The highest BCUT2D eigenvalue weighted by molar-refractivity contribution is 7.89. The number of hydrogen-bond donors (Lipinski definition) is 2. The van der Waals surface area contributed by atoms with Crippen LogP contribution < -0.4 is 10.0 Å². The highest BCUT2D eigenvalue weighted by Crippen LogP contribution is 2.20. The summed E-state index contributed by atoms with van der Waals surface area (Å²) in [5, 5.41) is 3.31. The van der Waals surface area contributed by atoms with Crippen molar-refractivity contribution in [3.05, 3.63) is 0 Å². The van der Waals surface area contributed by atoms with Gasteiger partial charge in [-0.25, -0.2) is 13.1 Å². The Bertz CT molecular complexity index is 317.